The maximum atomic E-state index is 11.1. The van der Waals surface area contributed by atoms with Crippen molar-refractivity contribution in [2.75, 3.05) is 18.4 Å². The first-order valence-corrected chi connectivity index (χ1v) is 5.98. The second-order valence-corrected chi connectivity index (χ2v) is 4.09. The molecule has 1 heterocycles. The van der Waals surface area contributed by atoms with Gasteiger partial charge in [-0.05, 0) is 0 Å². The number of benzene rings is 1. The average molecular weight is 274 g/mol. The number of hydrogen-bond acceptors (Lipinski definition) is 4. The molecular formula is C13H14N4O3. The normalized spacial score (nSPS) is 10.2. The van der Waals surface area contributed by atoms with E-state index in [9.17, 15) is 9.59 Å². The highest BCUT2D eigenvalue weighted by molar-refractivity contribution is 6.06. The lowest BCUT2D eigenvalue weighted by Gasteiger charge is -2.10. The van der Waals surface area contributed by atoms with Crippen LogP contribution in [-0.2, 0) is 0 Å². The molecule has 0 aliphatic heterocycles. The summed E-state index contributed by atoms with van der Waals surface area (Å²) in [7, 11) is 0. The maximum absolute atomic E-state index is 11.1. The molecule has 0 bridgehead atoms. The molecule has 2 rings (SSSR count). The first-order valence-electron chi connectivity index (χ1n) is 5.98. The lowest BCUT2D eigenvalue weighted by atomic mass is 10.1. The number of hydrogen-bond donors (Lipinski definition) is 4. The van der Waals surface area contributed by atoms with Crippen molar-refractivity contribution in [3.05, 3.63) is 36.0 Å². The zero-order valence-electron chi connectivity index (χ0n) is 10.6. The number of rotatable bonds is 5. The van der Waals surface area contributed by atoms with Crippen molar-refractivity contribution in [3.8, 4) is 0 Å². The van der Waals surface area contributed by atoms with Crippen LogP contribution in [0.25, 0.3) is 10.8 Å². The predicted molar refractivity (Wildman–Crippen MR) is 74.8 cm³/mol. The van der Waals surface area contributed by atoms with Gasteiger partial charge in [0.1, 0.15) is 5.82 Å². The molecule has 0 saturated carbocycles. The van der Waals surface area contributed by atoms with E-state index in [0.717, 1.165) is 0 Å². The lowest BCUT2D eigenvalue weighted by molar-refractivity contribution is 0.0698. The van der Waals surface area contributed by atoms with Gasteiger partial charge in [0, 0.05) is 30.1 Å². The van der Waals surface area contributed by atoms with E-state index in [1.165, 1.54) is 6.20 Å². The Bertz CT molecular complexity index is 657. The number of primary amides is 1. The van der Waals surface area contributed by atoms with Crippen molar-refractivity contribution in [2.24, 2.45) is 5.73 Å². The van der Waals surface area contributed by atoms with E-state index >= 15 is 0 Å². The Hall–Kier alpha value is -2.83. The molecule has 0 spiro atoms. The molecule has 20 heavy (non-hydrogen) atoms. The third kappa shape index (κ3) is 2.94. The number of pyridine rings is 1. The monoisotopic (exact) mass is 274 g/mol. The number of carboxylic acids is 1. The summed E-state index contributed by atoms with van der Waals surface area (Å²) in [5.41, 5.74) is 5.11. The van der Waals surface area contributed by atoms with Gasteiger partial charge in [-0.15, -0.1) is 0 Å². The van der Waals surface area contributed by atoms with Gasteiger partial charge in [0.25, 0.3) is 0 Å². The number of carboxylic acid groups (broad SMARTS) is 1. The second kappa shape index (κ2) is 5.87. The minimum atomic E-state index is -1.02. The summed E-state index contributed by atoms with van der Waals surface area (Å²) >= 11 is 0. The van der Waals surface area contributed by atoms with Crippen LogP contribution in [0.2, 0.25) is 0 Å². The van der Waals surface area contributed by atoms with Crippen molar-refractivity contribution in [3.63, 3.8) is 0 Å². The molecule has 1 aromatic heterocycles. The third-order valence-electron chi connectivity index (χ3n) is 2.74. The highest BCUT2D eigenvalue weighted by Gasteiger charge is 2.11. The fourth-order valence-corrected chi connectivity index (χ4v) is 1.87. The van der Waals surface area contributed by atoms with E-state index in [-0.39, 0.29) is 5.56 Å². The summed E-state index contributed by atoms with van der Waals surface area (Å²) in [6.45, 7) is 0.790. The number of carbonyl (C=O) groups excluding carboxylic acids is 1. The number of nitrogens with zero attached hydrogens (tertiary/aromatic N) is 1. The number of nitrogens with one attached hydrogen (secondary N) is 2. The molecule has 0 aliphatic carbocycles. The van der Waals surface area contributed by atoms with Gasteiger partial charge in [-0.3, -0.25) is 0 Å². The standard InChI is InChI=1S/C13H14N4O3/c14-13(20)16-6-5-15-11-9-4-2-1-3-8(9)10(7-17-11)12(18)19/h1-4,7H,5-6H2,(H,15,17)(H,18,19)(H3,14,16,20). The minimum Gasteiger partial charge on any atom is -0.478 e. The molecule has 2 aromatic rings. The number of fused-ring (bicyclic) bond motifs is 1. The number of anilines is 1. The summed E-state index contributed by atoms with van der Waals surface area (Å²) in [4.78, 5) is 25.8. The Morgan fingerprint density at radius 3 is 2.55 bits per heavy atom. The third-order valence-corrected chi connectivity index (χ3v) is 2.74. The molecule has 0 aliphatic rings. The molecule has 7 nitrogen and oxygen atoms in total. The van der Waals surface area contributed by atoms with Gasteiger partial charge in [0.15, 0.2) is 0 Å². The molecular weight excluding hydrogens is 260 g/mol. The Morgan fingerprint density at radius 1 is 1.20 bits per heavy atom. The molecule has 1 aromatic carbocycles. The van der Waals surface area contributed by atoms with E-state index in [1.807, 2.05) is 6.07 Å². The average Bonchev–Trinajstić information content (AvgIpc) is 2.43. The van der Waals surface area contributed by atoms with Gasteiger partial charge in [0.05, 0.1) is 5.56 Å². The smallest absolute Gasteiger partial charge is 0.337 e. The van der Waals surface area contributed by atoms with E-state index in [2.05, 4.69) is 15.6 Å². The Morgan fingerprint density at radius 2 is 1.90 bits per heavy atom. The molecule has 7 heteroatoms. The van der Waals surface area contributed by atoms with Crippen molar-refractivity contribution >= 4 is 28.6 Å². The summed E-state index contributed by atoms with van der Waals surface area (Å²) < 4.78 is 0. The summed E-state index contributed by atoms with van der Waals surface area (Å²) in [5, 5.41) is 15.9. The molecule has 104 valence electrons. The van der Waals surface area contributed by atoms with Crippen LogP contribution in [0.1, 0.15) is 10.4 Å². The number of amides is 2. The van der Waals surface area contributed by atoms with Crippen molar-refractivity contribution in [1.82, 2.24) is 10.3 Å². The van der Waals surface area contributed by atoms with Crippen LogP contribution < -0.4 is 16.4 Å². The molecule has 0 saturated heterocycles. The van der Waals surface area contributed by atoms with E-state index in [4.69, 9.17) is 10.8 Å². The van der Waals surface area contributed by atoms with Gasteiger partial charge >= 0.3 is 12.0 Å². The first kappa shape index (κ1) is 13.6. The highest BCUT2D eigenvalue weighted by atomic mass is 16.4. The SMILES string of the molecule is NC(=O)NCCNc1ncc(C(=O)O)c2ccccc12. The highest BCUT2D eigenvalue weighted by Crippen LogP contribution is 2.24. The van der Waals surface area contributed by atoms with E-state index < -0.39 is 12.0 Å². The fourth-order valence-electron chi connectivity index (χ4n) is 1.87. The Balaban J connectivity index is 2.24. The number of aromatic nitrogens is 1. The quantitative estimate of drug-likeness (QED) is 0.607. The van der Waals surface area contributed by atoms with Crippen molar-refractivity contribution in [2.45, 2.75) is 0 Å². The molecule has 0 fully saturated rings. The van der Waals surface area contributed by atoms with Gasteiger partial charge < -0.3 is 21.5 Å². The van der Waals surface area contributed by atoms with Gasteiger partial charge in [0.2, 0.25) is 0 Å². The minimum absolute atomic E-state index is 0.154. The largest absolute Gasteiger partial charge is 0.478 e. The topological polar surface area (TPSA) is 117 Å². The van der Waals surface area contributed by atoms with Gasteiger partial charge in [-0.25, -0.2) is 14.6 Å². The Labute approximate surface area is 114 Å². The van der Waals surface area contributed by atoms with Crippen LogP contribution in [0.4, 0.5) is 10.6 Å². The molecule has 5 N–H and O–H groups in total. The second-order valence-electron chi connectivity index (χ2n) is 4.09. The number of urea groups is 1. The zero-order valence-corrected chi connectivity index (χ0v) is 10.6. The van der Waals surface area contributed by atoms with Crippen molar-refractivity contribution in [1.29, 1.82) is 0 Å². The van der Waals surface area contributed by atoms with Crippen LogP contribution in [0.15, 0.2) is 30.5 Å². The maximum Gasteiger partial charge on any atom is 0.337 e. The van der Waals surface area contributed by atoms with Crippen LogP contribution in [0.5, 0.6) is 0 Å². The van der Waals surface area contributed by atoms with E-state index in [0.29, 0.717) is 29.7 Å². The van der Waals surface area contributed by atoms with Crippen LogP contribution >= 0.6 is 0 Å². The summed E-state index contributed by atoms with van der Waals surface area (Å²) in [6, 6.07) is 6.51. The Kier molecular flexibility index (Phi) is 3.99. The van der Waals surface area contributed by atoms with Gasteiger partial charge in [-0.2, -0.15) is 0 Å². The predicted octanol–water partition coefficient (Wildman–Crippen LogP) is 1.01. The molecule has 2 amide bonds. The summed E-state index contributed by atoms with van der Waals surface area (Å²) in [6.07, 6.45) is 1.31. The number of nitrogens with two attached hydrogens (primary N) is 1. The van der Waals surface area contributed by atoms with Gasteiger partial charge in [-0.1, -0.05) is 24.3 Å². The first-order chi connectivity index (χ1) is 9.59. The van der Waals surface area contributed by atoms with Crippen LogP contribution in [0.3, 0.4) is 0 Å². The lowest BCUT2D eigenvalue weighted by Crippen LogP contribution is -2.33. The molecule has 0 atom stereocenters. The number of carbonyl (C=O) groups is 2. The van der Waals surface area contributed by atoms with Crippen LogP contribution in [-0.4, -0.2) is 35.2 Å². The molecule has 0 unspecified atom stereocenters. The van der Waals surface area contributed by atoms with Crippen LogP contribution in [0, 0.1) is 0 Å². The molecule has 0 radical (unpaired) electrons. The fraction of sp³-hybridized carbons (Fsp3) is 0.154. The number of aromatic carboxylic acids is 1. The van der Waals surface area contributed by atoms with E-state index in [1.54, 1.807) is 18.2 Å². The van der Waals surface area contributed by atoms with Crippen molar-refractivity contribution < 1.29 is 14.7 Å². The zero-order chi connectivity index (χ0) is 14.5. The summed E-state index contributed by atoms with van der Waals surface area (Å²) in [5.74, 6) is -0.451.